The Morgan fingerprint density at radius 2 is 1.37 bits per heavy atom. The van der Waals surface area contributed by atoms with Crippen LogP contribution in [0.5, 0.6) is 0 Å². The minimum Gasteiger partial charge on any atom is -0.368 e. The van der Waals surface area contributed by atoms with Gasteiger partial charge in [0.1, 0.15) is 36.3 Å². The topological polar surface area (TPSA) is 194 Å². The minimum atomic E-state index is -1.17. The maximum Gasteiger partial charge on any atom is 0.244 e. The minimum absolute atomic E-state index is 0.00422. The van der Waals surface area contributed by atoms with E-state index in [1.807, 2.05) is 36.5 Å². The van der Waals surface area contributed by atoms with Gasteiger partial charge in [-0.05, 0) is 33.3 Å². The molecule has 0 aliphatic carbocycles. The van der Waals surface area contributed by atoms with Crippen LogP contribution in [0.3, 0.4) is 0 Å². The summed E-state index contributed by atoms with van der Waals surface area (Å²) in [5, 5.41) is 15.5. The van der Waals surface area contributed by atoms with Gasteiger partial charge in [-0.25, -0.2) is 0 Å². The van der Waals surface area contributed by atoms with Gasteiger partial charge < -0.3 is 36.9 Å². The SMILES string of the molecule is C[C@@H]1NC(=O)[C@H](C)NC(=O)[C@H](C)n2cc3ccccc3c2SC[C@@H](C(=O)N[C@@H](Cc2ccccc2)C(N)=O)NC(=O)[C@H](C)NC1=O. The lowest BCUT2D eigenvalue weighted by Crippen LogP contribution is -2.58. The van der Waals surface area contributed by atoms with Gasteiger partial charge in [0, 0.05) is 29.1 Å². The first kappa shape index (κ1) is 34.0. The zero-order valence-electron chi connectivity index (χ0n) is 26.0. The monoisotopic (exact) mass is 649 g/mol. The maximum atomic E-state index is 13.7. The van der Waals surface area contributed by atoms with E-state index in [2.05, 4.69) is 26.6 Å². The smallest absolute Gasteiger partial charge is 0.244 e. The summed E-state index contributed by atoms with van der Waals surface area (Å²) in [5.41, 5.74) is 6.43. The van der Waals surface area contributed by atoms with Crippen molar-refractivity contribution in [1.82, 2.24) is 31.2 Å². The number of primary amides is 1. The van der Waals surface area contributed by atoms with Gasteiger partial charge in [0.15, 0.2) is 0 Å². The lowest BCUT2D eigenvalue weighted by molar-refractivity contribution is -0.134. The van der Waals surface area contributed by atoms with Crippen LogP contribution in [0.4, 0.5) is 0 Å². The van der Waals surface area contributed by atoms with Crippen LogP contribution < -0.4 is 32.3 Å². The van der Waals surface area contributed by atoms with Gasteiger partial charge in [0.2, 0.25) is 35.4 Å². The fourth-order valence-corrected chi connectivity index (χ4v) is 6.17. The predicted molar refractivity (Wildman–Crippen MR) is 173 cm³/mol. The molecule has 2 heterocycles. The van der Waals surface area contributed by atoms with Crippen molar-refractivity contribution in [2.45, 2.75) is 75.4 Å². The van der Waals surface area contributed by atoms with Crippen molar-refractivity contribution in [1.29, 1.82) is 0 Å². The number of amides is 6. The second-order valence-corrected chi connectivity index (χ2v) is 12.3. The highest BCUT2D eigenvalue weighted by Gasteiger charge is 2.31. The summed E-state index contributed by atoms with van der Waals surface area (Å²) in [5.74, 6) is -3.70. The normalized spacial score (nSPS) is 24.0. The Morgan fingerprint density at radius 3 is 1.98 bits per heavy atom. The van der Waals surface area contributed by atoms with Gasteiger partial charge in [0.05, 0.1) is 5.03 Å². The molecule has 1 aliphatic rings. The Hall–Kier alpha value is -4.85. The summed E-state index contributed by atoms with van der Waals surface area (Å²) in [6.45, 7) is 6.09. The lowest BCUT2D eigenvalue weighted by Gasteiger charge is -2.24. The number of thioether (sulfide) groups is 1. The van der Waals surface area contributed by atoms with E-state index in [9.17, 15) is 28.8 Å². The molecule has 0 saturated heterocycles. The van der Waals surface area contributed by atoms with Crippen molar-refractivity contribution in [2.24, 2.45) is 5.73 Å². The van der Waals surface area contributed by atoms with Crippen LogP contribution in [-0.2, 0) is 35.2 Å². The zero-order valence-corrected chi connectivity index (χ0v) is 26.9. The first-order valence-corrected chi connectivity index (χ1v) is 15.9. The molecule has 4 rings (SSSR count). The quantitative estimate of drug-likeness (QED) is 0.232. The molecule has 6 amide bonds. The Labute approximate surface area is 270 Å². The molecule has 0 saturated carbocycles. The van der Waals surface area contributed by atoms with Crippen molar-refractivity contribution < 1.29 is 28.8 Å². The summed E-state index contributed by atoms with van der Waals surface area (Å²) in [6.07, 6.45) is 1.95. The van der Waals surface area contributed by atoms with Crippen LogP contribution in [0.2, 0.25) is 0 Å². The van der Waals surface area contributed by atoms with E-state index < -0.39 is 71.7 Å². The molecule has 1 aromatic heterocycles. The molecule has 1 aliphatic heterocycles. The van der Waals surface area contributed by atoms with Crippen LogP contribution in [0.15, 0.2) is 65.8 Å². The van der Waals surface area contributed by atoms with Crippen LogP contribution in [0, 0.1) is 0 Å². The van der Waals surface area contributed by atoms with Crippen LogP contribution in [-0.4, -0.2) is 76.0 Å². The average molecular weight is 650 g/mol. The highest BCUT2D eigenvalue weighted by molar-refractivity contribution is 7.99. The summed E-state index contributed by atoms with van der Waals surface area (Å²) in [6, 6.07) is 10.5. The van der Waals surface area contributed by atoms with Gasteiger partial charge >= 0.3 is 0 Å². The van der Waals surface area contributed by atoms with Crippen LogP contribution in [0.1, 0.15) is 39.3 Å². The molecule has 46 heavy (non-hydrogen) atoms. The van der Waals surface area contributed by atoms with Crippen molar-refractivity contribution in [3.05, 3.63) is 66.4 Å². The highest BCUT2D eigenvalue weighted by atomic mass is 32.2. The third-order valence-electron chi connectivity index (χ3n) is 7.72. The molecule has 0 unspecified atom stereocenters. The molecule has 244 valence electrons. The molecule has 7 N–H and O–H groups in total. The molecule has 13 nitrogen and oxygen atoms in total. The van der Waals surface area contributed by atoms with Gasteiger partial charge in [-0.1, -0.05) is 54.6 Å². The molecule has 3 aromatic rings. The van der Waals surface area contributed by atoms with E-state index in [0.717, 1.165) is 16.3 Å². The van der Waals surface area contributed by atoms with Gasteiger partial charge in [-0.3, -0.25) is 28.8 Å². The van der Waals surface area contributed by atoms with Gasteiger partial charge in [-0.15, -0.1) is 11.8 Å². The molecule has 2 aromatic carbocycles. The number of nitrogens with one attached hydrogen (secondary N) is 5. The first-order valence-electron chi connectivity index (χ1n) is 14.9. The summed E-state index contributed by atoms with van der Waals surface area (Å²) in [4.78, 5) is 78.3. The van der Waals surface area contributed by atoms with Crippen molar-refractivity contribution >= 4 is 58.0 Å². The number of rotatable bonds is 5. The third-order valence-corrected chi connectivity index (χ3v) is 8.92. The summed E-state index contributed by atoms with van der Waals surface area (Å²) >= 11 is 1.23. The van der Waals surface area contributed by atoms with Crippen LogP contribution in [0.25, 0.3) is 10.8 Å². The number of benzene rings is 2. The fraction of sp³-hybridized carbons (Fsp3) is 0.375. The third kappa shape index (κ3) is 8.24. The number of carbonyl (C=O) groups excluding carboxylic acids is 6. The number of fused-ring (bicyclic) bond motifs is 3. The number of carbonyl (C=O) groups is 6. The van der Waals surface area contributed by atoms with E-state index >= 15 is 0 Å². The van der Waals surface area contributed by atoms with E-state index in [0.29, 0.717) is 5.03 Å². The van der Waals surface area contributed by atoms with Crippen molar-refractivity contribution in [3.8, 4) is 0 Å². The molecule has 0 spiro atoms. The molecule has 6 atom stereocenters. The number of hydrogen-bond acceptors (Lipinski definition) is 7. The van der Waals surface area contributed by atoms with Crippen molar-refractivity contribution in [2.75, 3.05) is 5.75 Å². The van der Waals surface area contributed by atoms with E-state index in [-0.39, 0.29) is 12.2 Å². The van der Waals surface area contributed by atoms with E-state index in [1.165, 1.54) is 32.5 Å². The molecule has 14 heteroatoms. The maximum absolute atomic E-state index is 13.7. The number of nitrogens with zero attached hydrogens (tertiary/aromatic N) is 1. The Kier molecular flexibility index (Phi) is 11.1. The molecular formula is C32H39N7O6S. The van der Waals surface area contributed by atoms with Crippen LogP contribution >= 0.6 is 11.8 Å². The predicted octanol–water partition coefficient (Wildman–Crippen LogP) is 0.520. The Balaban J connectivity index is 1.69. The van der Waals surface area contributed by atoms with E-state index in [4.69, 9.17) is 5.73 Å². The first-order chi connectivity index (χ1) is 21.8. The molecule has 0 bridgehead atoms. The standard InChI is InChI=1S/C32H39N7O6S/c1-17-27(41)35-19(3)29(43)38-25(31(45)37-24(26(33)40)14-21-10-6-5-7-11-21)16-46-32-23-13-9-8-12-22(23)15-39(32)20(4)30(44)36-18(2)28(42)34-17/h5-13,15,17-20,24-25H,14,16H2,1-4H3,(H2,33,40)(H,34,42)(H,35,41)(H,36,44)(H,37,45)(H,38,43)/t17-,18-,19-,20-,24-,25-/m0/s1. The highest BCUT2D eigenvalue weighted by Crippen LogP contribution is 2.33. The molecule has 0 radical (unpaired) electrons. The Bertz CT molecular complexity index is 1630. The summed E-state index contributed by atoms with van der Waals surface area (Å²) in [7, 11) is 0. The lowest BCUT2D eigenvalue weighted by atomic mass is 10.1. The average Bonchev–Trinajstić information content (AvgIpc) is 3.40. The van der Waals surface area contributed by atoms with E-state index in [1.54, 1.807) is 35.8 Å². The number of aromatic nitrogens is 1. The Morgan fingerprint density at radius 1 is 0.826 bits per heavy atom. The number of nitrogens with two attached hydrogens (primary N) is 1. The molecule has 0 fully saturated rings. The largest absolute Gasteiger partial charge is 0.368 e. The zero-order chi connectivity index (χ0) is 33.5. The fourth-order valence-electron chi connectivity index (χ4n) is 4.91. The summed E-state index contributed by atoms with van der Waals surface area (Å²) < 4.78 is 1.75. The second kappa shape index (κ2) is 15.0. The number of hydrogen-bond donors (Lipinski definition) is 6. The van der Waals surface area contributed by atoms with Gasteiger partial charge in [-0.2, -0.15) is 0 Å². The van der Waals surface area contributed by atoms with Crippen molar-refractivity contribution in [3.63, 3.8) is 0 Å². The molecular weight excluding hydrogens is 610 g/mol. The second-order valence-electron chi connectivity index (χ2n) is 11.3. The van der Waals surface area contributed by atoms with Gasteiger partial charge in [0.25, 0.3) is 0 Å².